The molecule has 100 valence electrons. The van der Waals surface area contributed by atoms with Crippen molar-refractivity contribution in [1.29, 1.82) is 0 Å². The SMILES string of the molecule is CC(C)CC(C(=O)O)n1nnnc1-c1ccccn1. The van der Waals surface area contributed by atoms with Crippen molar-refractivity contribution in [3.8, 4) is 11.5 Å². The van der Waals surface area contributed by atoms with Gasteiger partial charge in [0.25, 0.3) is 0 Å². The van der Waals surface area contributed by atoms with Crippen molar-refractivity contribution < 1.29 is 9.90 Å². The average molecular weight is 261 g/mol. The van der Waals surface area contributed by atoms with Gasteiger partial charge in [0.15, 0.2) is 6.04 Å². The van der Waals surface area contributed by atoms with E-state index in [1.54, 1.807) is 24.4 Å². The number of rotatable bonds is 5. The van der Waals surface area contributed by atoms with Gasteiger partial charge in [0.1, 0.15) is 5.69 Å². The van der Waals surface area contributed by atoms with E-state index in [4.69, 9.17) is 0 Å². The van der Waals surface area contributed by atoms with Crippen LogP contribution in [0.1, 0.15) is 26.3 Å². The van der Waals surface area contributed by atoms with Crippen molar-refractivity contribution in [2.24, 2.45) is 5.92 Å². The zero-order valence-electron chi connectivity index (χ0n) is 10.8. The minimum atomic E-state index is -0.946. The summed E-state index contributed by atoms with van der Waals surface area (Å²) in [6.07, 6.45) is 2.08. The van der Waals surface area contributed by atoms with E-state index in [1.807, 2.05) is 13.8 Å². The number of aromatic nitrogens is 5. The molecular weight excluding hydrogens is 246 g/mol. The third-order valence-electron chi connectivity index (χ3n) is 2.66. The van der Waals surface area contributed by atoms with Crippen LogP contribution in [0.2, 0.25) is 0 Å². The zero-order valence-corrected chi connectivity index (χ0v) is 10.8. The summed E-state index contributed by atoms with van der Waals surface area (Å²) in [5.74, 6) is -0.353. The van der Waals surface area contributed by atoms with Gasteiger partial charge in [0.2, 0.25) is 5.82 Å². The van der Waals surface area contributed by atoms with Crippen LogP contribution in [-0.2, 0) is 4.79 Å². The highest BCUT2D eigenvalue weighted by Gasteiger charge is 2.26. The quantitative estimate of drug-likeness (QED) is 0.874. The van der Waals surface area contributed by atoms with Crippen molar-refractivity contribution in [2.75, 3.05) is 0 Å². The lowest BCUT2D eigenvalue weighted by Crippen LogP contribution is -2.23. The minimum absolute atomic E-state index is 0.224. The summed E-state index contributed by atoms with van der Waals surface area (Å²) < 4.78 is 1.32. The second-order valence-corrected chi connectivity index (χ2v) is 4.65. The first-order valence-electron chi connectivity index (χ1n) is 6.01. The Kier molecular flexibility index (Phi) is 3.84. The summed E-state index contributed by atoms with van der Waals surface area (Å²) in [5.41, 5.74) is 0.558. The van der Waals surface area contributed by atoms with Crippen LogP contribution in [0.5, 0.6) is 0 Å². The number of tetrazole rings is 1. The number of hydrogen-bond donors (Lipinski definition) is 1. The lowest BCUT2D eigenvalue weighted by molar-refractivity contribution is -0.141. The van der Waals surface area contributed by atoms with Crippen LogP contribution >= 0.6 is 0 Å². The number of aliphatic carboxylic acids is 1. The molecule has 1 unspecified atom stereocenters. The highest BCUT2D eigenvalue weighted by atomic mass is 16.4. The molecule has 0 spiro atoms. The monoisotopic (exact) mass is 261 g/mol. The van der Waals surface area contributed by atoms with Gasteiger partial charge >= 0.3 is 5.97 Å². The molecular formula is C12H15N5O2. The first-order valence-corrected chi connectivity index (χ1v) is 6.01. The molecule has 1 N–H and O–H groups in total. The van der Waals surface area contributed by atoms with Gasteiger partial charge in [-0.25, -0.2) is 9.48 Å². The molecule has 2 rings (SSSR count). The average Bonchev–Trinajstić information content (AvgIpc) is 2.85. The molecule has 19 heavy (non-hydrogen) atoms. The van der Waals surface area contributed by atoms with E-state index in [1.165, 1.54) is 4.68 Å². The summed E-state index contributed by atoms with van der Waals surface area (Å²) in [7, 11) is 0. The van der Waals surface area contributed by atoms with Gasteiger partial charge in [-0.05, 0) is 34.9 Å². The van der Waals surface area contributed by atoms with Crippen LogP contribution in [0.3, 0.4) is 0 Å². The summed E-state index contributed by atoms with van der Waals surface area (Å²) in [5, 5.41) is 20.6. The number of pyridine rings is 1. The molecule has 0 aliphatic carbocycles. The van der Waals surface area contributed by atoms with E-state index >= 15 is 0 Å². The van der Waals surface area contributed by atoms with Crippen LogP contribution in [0.4, 0.5) is 0 Å². The standard InChI is InChI=1S/C12H15N5O2/c1-8(2)7-10(12(18)19)17-11(14-15-16-17)9-5-3-4-6-13-9/h3-6,8,10H,7H2,1-2H3,(H,18,19). The van der Waals surface area contributed by atoms with E-state index in [2.05, 4.69) is 20.5 Å². The molecule has 0 amide bonds. The maximum absolute atomic E-state index is 11.4. The van der Waals surface area contributed by atoms with E-state index in [0.29, 0.717) is 17.9 Å². The highest BCUT2D eigenvalue weighted by molar-refractivity contribution is 5.72. The second-order valence-electron chi connectivity index (χ2n) is 4.65. The van der Waals surface area contributed by atoms with Gasteiger partial charge in [-0.3, -0.25) is 4.98 Å². The lowest BCUT2D eigenvalue weighted by Gasteiger charge is -2.15. The Bertz CT molecular complexity index is 552. The fraction of sp³-hybridized carbons (Fsp3) is 0.417. The number of carbonyl (C=O) groups is 1. The number of carboxylic acids is 1. The maximum Gasteiger partial charge on any atom is 0.328 e. The van der Waals surface area contributed by atoms with Crippen molar-refractivity contribution in [3.05, 3.63) is 24.4 Å². The Balaban J connectivity index is 2.40. The van der Waals surface area contributed by atoms with Crippen LogP contribution in [-0.4, -0.2) is 36.3 Å². The van der Waals surface area contributed by atoms with Gasteiger partial charge in [-0.15, -0.1) is 5.10 Å². The molecule has 2 aromatic heterocycles. The Labute approximate surface area is 110 Å². The smallest absolute Gasteiger partial charge is 0.328 e. The highest BCUT2D eigenvalue weighted by Crippen LogP contribution is 2.22. The first kappa shape index (κ1) is 13.1. The van der Waals surface area contributed by atoms with Crippen LogP contribution in [0.15, 0.2) is 24.4 Å². The zero-order chi connectivity index (χ0) is 13.8. The topological polar surface area (TPSA) is 93.8 Å². The summed E-state index contributed by atoms with van der Waals surface area (Å²) in [6.45, 7) is 3.92. The molecule has 0 saturated carbocycles. The van der Waals surface area contributed by atoms with E-state index < -0.39 is 12.0 Å². The van der Waals surface area contributed by atoms with Gasteiger partial charge in [-0.2, -0.15) is 0 Å². The molecule has 0 aliphatic heterocycles. The maximum atomic E-state index is 11.4. The summed E-state index contributed by atoms with van der Waals surface area (Å²) in [6, 6.07) is 4.54. The molecule has 0 aromatic carbocycles. The van der Waals surface area contributed by atoms with Crippen LogP contribution in [0.25, 0.3) is 11.5 Å². The van der Waals surface area contributed by atoms with E-state index in [9.17, 15) is 9.90 Å². The molecule has 0 aliphatic rings. The van der Waals surface area contributed by atoms with Gasteiger partial charge in [0, 0.05) is 6.20 Å². The number of nitrogens with zero attached hydrogens (tertiary/aromatic N) is 5. The first-order chi connectivity index (χ1) is 9.09. The molecule has 0 bridgehead atoms. The third-order valence-corrected chi connectivity index (χ3v) is 2.66. The second kappa shape index (κ2) is 5.55. The molecule has 0 fully saturated rings. The summed E-state index contributed by atoms with van der Waals surface area (Å²) >= 11 is 0. The Morgan fingerprint density at radius 3 is 2.79 bits per heavy atom. The predicted molar refractivity (Wildman–Crippen MR) is 67.2 cm³/mol. The van der Waals surface area contributed by atoms with E-state index in [-0.39, 0.29) is 5.92 Å². The Morgan fingerprint density at radius 2 is 2.21 bits per heavy atom. The van der Waals surface area contributed by atoms with Gasteiger partial charge in [0.05, 0.1) is 0 Å². The largest absolute Gasteiger partial charge is 0.480 e. The molecule has 7 nitrogen and oxygen atoms in total. The van der Waals surface area contributed by atoms with Crippen LogP contribution in [0, 0.1) is 5.92 Å². The Morgan fingerprint density at radius 1 is 1.42 bits per heavy atom. The number of carboxylic acid groups (broad SMARTS) is 1. The van der Waals surface area contributed by atoms with Crippen molar-refractivity contribution in [1.82, 2.24) is 25.2 Å². The third kappa shape index (κ3) is 2.93. The molecule has 0 radical (unpaired) electrons. The normalized spacial score (nSPS) is 12.6. The van der Waals surface area contributed by atoms with Crippen LogP contribution < -0.4 is 0 Å². The molecule has 2 heterocycles. The molecule has 2 aromatic rings. The fourth-order valence-corrected chi connectivity index (χ4v) is 1.82. The number of hydrogen-bond acceptors (Lipinski definition) is 5. The molecule has 7 heteroatoms. The van der Waals surface area contributed by atoms with Crippen molar-refractivity contribution in [2.45, 2.75) is 26.3 Å². The Hall–Kier alpha value is -2.31. The summed E-state index contributed by atoms with van der Waals surface area (Å²) in [4.78, 5) is 15.5. The predicted octanol–water partition coefficient (Wildman–Crippen LogP) is 1.41. The van der Waals surface area contributed by atoms with Gasteiger partial charge in [-0.1, -0.05) is 19.9 Å². The van der Waals surface area contributed by atoms with Gasteiger partial charge < -0.3 is 5.11 Å². The fourth-order valence-electron chi connectivity index (χ4n) is 1.82. The van der Waals surface area contributed by atoms with Crippen molar-refractivity contribution in [3.63, 3.8) is 0 Å². The molecule has 0 saturated heterocycles. The lowest BCUT2D eigenvalue weighted by atomic mass is 10.0. The van der Waals surface area contributed by atoms with E-state index in [0.717, 1.165) is 0 Å². The minimum Gasteiger partial charge on any atom is -0.480 e. The van der Waals surface area contributed by atoms with Crippen molar-refractivity contribution >= 4 is 5.97 Å². The molecule has 1 atom stereocenters.